The van der Waals surface area contributed by atoms with Gasteiger partial charge in [0.2, 0.25) is 0 Å². The summed E-state index contributed by atoms with van der Waals surface area (Å²) in [6, 6.07) is 14.9. The molecule has 2 N–H and O–H groups in total. The fourth-order valence-corrected chi connectivity index (χ4v) is 3.51. The number of hydrogen-bond donors (Lipinski definition) is 2. The predicted octanol–water partition coefficient (Wildman–Crippen LogP) is 1.61. The second kappa shape index (κ2) is 6.59. The van der Waals surface area contributed by atoms with Crippen molar-refractivity contribution in [2.75, 3.05) is 6.54 Å². The maximum Gasteiger partial charge on any atom is 0.344 e. The van der Waals surface area contributed by atoms with E-state index in [4.69, 9.17) is 0 Å². The number of hydrazine groups is 1. The zero-order valence-corrected chi connectivity index (χ0v) is 15.6. The minimum absolute atomic E-state index is 0.355. The van der Waals surface area contributed by atoms with Gasteiger partial charge in [0.05, 0.1) is 0 Å². The summed E-state index contributed by atoms with van der Waals surface area (Å²) in [5, 5.41) is 3.25. The number of benzene rings is 2. The van der Waals surface area contributed by atoms with Crippen molar-refractivity contribution in [2.24, 2.45) is 0 Å². The van der Waals surface area contributed by atoms with Crippen molar-refractivity contribution in [3.63, 3.8) is 0 Å². The first-order chi connectivity index (χ1) is 13.8. The molecule has 2 aliphatic heterocycles. The van der Waals surface area contributed by atoms with Crippen LogP contribution in [0.25, 0.3) is 5.70 Å². The summed E-state index contributed by atoms with van der Waals surface area (Å²) in [6.07, 6.45) is 0. The summed E-state index contributed by atoms with van der Waals surface area (Å²) in [7, 11) is 0. The summed E-state index contributed by atoms with van der Waals surface area (Å²) in [4.78, 5) is 51.4. The molecule has 8 nitrogen and oxygen atoms in total. The van der Waals surface area contributed by atoms with E-state index in [1.807, 2.05) is 0 Å². The Bertz CT molecular complexity index is 1030. The molecule has 0 unspecified atom stereocenters. The molecule has 0 saturated carbocycles. The minimum atomic E-state index is -1.30. The van der Waals surface area contributed by atoms with E-state index in [1.165, 1.54) is 4.90 Å². The lowest BCUT2D eigenvalue weighted by Gasteiger charge is -2.22. The molecule has 1 saturated heterocycles. The molecule has 0 aromatic heterocycles. The van der Waals surface area contributed by atoms with Gasteiger partial charge in [0, 0.05) is 16.8 Å². The van der Waals surface area contributed by atoms with Gasteiger partial charge in [-0.2, -0.15) is 5.01 Å². The minimum Gasteiger partial charge on any atom is -0.318 e. The van der Waals surface area contributed by atoms with Crippen LogP contribution in [0.15, 0.2) is 61.2 Å². The van der Waals surface area contributed by atoms with Gasteiger partial charge in [0.25, 0.3) is 17.7 Å². The molecule has 1 atom stereocenters. The molecule has 29 heavy (non-hydrogen) atoms. The Morgan fingerprint density at radius 3 is 2.31 bits per heavy atom. The third-order valence-corrected chi connectivity index (χ3v) is 5.12. The highest BCUT2D eigenvalue weighted by atomic mass is 16.2. The van der Waals surface area contributed by atoms with Crippen molar-refractivity contribution in [3.05, 3.63) is 77.9 Å². The van der Waals surface area contributed by atoms with Gasteiger partial charge >= 0.3 is 6.03 Å². The first kappa shape index (κ1) is 18.4. The van der Waals surface area contributed by atoms with Gasteiger partial charge in [-0.1, -0.05) is 55.1 Å². The summed E-state index contributed by atoms with van der Waals surface area (Å²) >= 11 is 0. The van der Waals surface area contributed by atoms with Crippen molar-refractivity contribution in [1.29, 1.82) is 0 Å². The molecule has 1 fully saturated rings. The van der Waals surface area contributed by atoms with Crippen LogP contribution in [0.4, 0.5) is 4.79 Å². The molecular formula is C21H18N4O4. The van der Waals surface area contributed by atoms with Crippen molar-refractivity contribution in [2.45, 2.75) is 12.5 Å². The van der Waals surface area contributed by atoms with Gasteiger partial charge in [-0.25, -0.2) is 4.79 Å². The average Bonchev–Trinajstić information content (AvgIpc) is 3.09. The third kappa shape index (κ3) is 2.85. The Morgan fingerprint density at radius 1 is 1.03 bits per heavy atom. The van der Waals surface area contributed by atoms with Gasteiger partial charge in [-0.15, -0.1) is 0 Å². The van der Waals surface area contributed by atoms with Crippen molar-refractivity contribution in [1.82, 2.24) is 20.7 Å². The van der Waals surface area contributed by atoms with E-state index in [-0.39, 0.29) is 12.5 Å². The van der Waals surface area contributed by atoms with Gasteiger partial charge in [-0.05, 0) is 18.6 Å². The number of nitrogens with zero attached hydrogens (tertiary/aromatic N) is 2. The molecule has 2 heterocycles. The number of rotatable bonds is 4. The average molecular weight is 390 g/mol. The first-order valence-corrected chi connectivity index (χ1v) is 8.95. The summed E-state index contributed by atoms with van der Waals surface area (Å²) < 4.78 is 0. The van der Waals surface area contributed by atoms with Crippen LogP contribution in [-0.4, -0.2) is 40.2 Å². The molecule has 146 valence electrons. The van der Waals surface area contributed by atoms with E-state index < -0.39 is 23.4 Å². The van der Waals surface area contributed by atoms with Crippen LogP contribution in [0.3, 0.4) is 0 Å². The molecule has 5 amide bonds. The summed E-state index contributed by atoms with van der Waals surface area (Å²) in [5.74, 6) is -1.66. The zero-order chi connectivity index (χ0) is 20.8. The topological polar surface area (TPSA) is 98.8 Å². The maximum absolute atomic E-state index is 12.8. The number of amides is 5. The van der Waals surface area contributed by atoms with Crippen molar-refractivity contribution < 1.29 is 19.2 Å². The van der Waals surface area contributed by atoms with E-state index in [9.17, 15) is 19.2 Å². The highest BCUT2D eigenvalue weighted by Crippen LogP contribution is 2.31. The van der Waals surface area contributed by atoms with Gasteiger partial charge in [0.1, 0.15) is 12.1 Å². The monoisotopic (exact) mass is 390 g/mol. The van der Waals surface area contributed by atoms with Gasteiger partial charge in [-0.3, -0.25) is 24.7 Å². The molecule has 0 bridgehead atoms. The second-order valence-corrected chi connectivity index (χ2v) is 6.98. The van der Waals surface area contributed by atoms with Crippen molar-refractivity contribution in [3.8, 4) is 0 Å². The third-order valence-electron chi connectivity index (χ3n) is 5.12. The molecular weight excluding hydrogens is 372 g/mol. The van der Waals surface area contributed by atoms with Gasteiger partial charge < -0.3 is 5.32 Å². The molecule has 2 aromatic carbocycles. The van der Waals surface area contributed by atoms with E-state index >= 15 is 0 Å². The summed E-state index contributed by atoms with van der Waals surface area (Å²) in [5.41, 5.74) is 3.09. The van der Waals surface area contributed by atoms with Crippen LogP contribution in [-0.2, 0) is 15.1 Å². The number of nitrogens with one attached hydrogen (secondary N) is 2. The highest BCUT2D eigenvalue weighted by Gasteiger charge is 2.50. The molecule has 8 heteroatoms. The van der Waals surface area contributed by atoms with Crippen LogP contribution < -0.4 is 10.7 Å². The Balaban J connectivity index is 1.48. The fourth-order valence-electron chi connectivity index (χ4n) is 3.51. The molecule has 0 aliphatic carbocycles. The van der Waals surface area contributed by atoms with E-state index in [2.05, 4.69) is 17.3 Å². The quantitative estimate of drug-likeness (QED) is 0.775. The summed E-state index contributed by atoms with van der Waals surface area (Å²) in [6.45, 7) is 5.07. The molecule has 2 aliphatic rings. The molecule has 0 radical (unpaired) electrons. The Kier molecular flexibility index (Phi) is 4.19. The van der Waals surface area contributed by atoms with Crippen LogP contribution in [0.1, 0.15) is 28.4 Å². The zero-order valence-electron chi connectivity index (χ0n) is 15.6. The molecule has 4 rings (SSSR count). The predicted molar refractivity (Wildman–Crippen MR) is 104 cm³/mol. The Hall–Kier alpha value is -3.94. The number of carbonyl (C=O) groups excluding carboxylic acids is 4. The van der Waals surface area contributed by atoms with Crippen LogP contribution in [0, 0.1) is 0 Å². The number of urea groups is 1. The SMILES string of the molecule is C=C1c2ccccc2C(=O)N1CC(=O)NN1C(=O)N[C@@](C)(c2ccccc2)C1=O. The van der Waals surface area contributed by atoms with E-state index in [1.54, 1.807) is 61.5 Å². The lowest BCUT2D eigenvalue weighted by molar-refractivity contribution is -0.139. The van der Waals surface area contributed by atoms with E-state index in [0.29, 0.717) is 27.4 Å². The number of hydrogen-bond acceptors (Lipinski definition) is 4. The Labute approximate surface area is 166 Å². The molecule has 2 aromatic rings. The normalized spacial score (nSPS) is 20.7. The fraction of sp³-hybridized carbons (Fsp3) is 0.143. The van der Waals surface area contributed by atoms with Crippen LogP contribution in [0.2, 0.25) is 0 Å². The smallest absolute Gasteiger partial charge is 0.318 e. The van der Waals surface area contributed by atoms with Crippen molar-refractivity contribution >= 4 is 29.4 Å². The maximum atomic E-state index is 12.8. The van der Waals surface area contributed by atoms with Crippen LogP contribution >= 0.6 is 0 Å². The largest absolute Gasteiger partial charge is 0.344 e. The lowest BCUT2D eigenvalue weighted by atomic mass is 9.92. The lowest BCUT2D eigenvalue weighted by Crippen LogP contribution is -2.50. The second-order valence-electron chi connectivity index (χ2n) is 6.98. The number of imide groups is 1. The highest BCUT2D eigenvalue weighted by molar-refractivity contribution is 6.11. The number of carbonyl (C=O) groups is 4. The van der Waals surface area contributed by atoms with Crippen LogP contribution in [0.5, 0.6) is 0 Å². The number of fused-ring (bicyclic) bond motifs is 1. The first-order valence-electron chi connectivity index (χ1n) is 8.95. The van der Waals surface area contributed by atoms with Gasteiger partial charge in [0.15, 0.2) is 0 Å². The molecule has 0 spiro atoms. The van der Waals surface area contributed by atoms with E-state index in [0.717, 1.165) is 0 Å². The Morgan fingerprint density at radius 2 is 1.66 bits per heavy atom. The standard InChI is InChI=1S/C21H18N4O4/c1-13-15-10-6-7-11-16(15)18(27)24(13)12-17(26)23-25-19(28)21(2,22-20(25)29)14-8-4-3-5-9-14/h3-11H,1,12H2,2H3,(H,22,29)(H,23,26)/t21-/m0/s1.